The second kappa shape index (κ2) is 8.10. The smallest absolute Gasteiger partial charge is 0.252 e. The Labute approximate surface area is 168 Å². The second-order valence-corrected chi connectivity index (χ2v) is 9.99. The Bertz CT molecular complexity index is 930. The minimum atomic E-state index is -3.53. The maximum Gasteiger partial charge on any atom is 0.252 e. The molecular weight excluding hydrogens is 400 g/mol. The Morgan fingerprint density at radius 2 is 2.04 bits per heavy atom. The summed E-state index contributed by atoms with van der Waals surface area (Å²) in [5, 5.41) is 4.64. The average molecular weight is 423 g/mol. The van der Waals surface area contributed by atoms with Gasteiger partial charge in [0.25, 0.3) is 10.0 Å². The van der Waals surface area contributed by atoms with Crippen LogP contribution in [0.1, 0.15) is 12.8 Å². The lowest BCUT2D eigenvalue weighted by Gasteiger charge is -2.31. The molecule has 1 N–H and O–H groups in total. The molecule has 150 valence electrons. The molecule has 0 radical (unpaired) electrons. The number of ether oxygens (including phenoxy) is 2. The van der Waals surface area contributed by atoms with Crippen LogP contribution in [-0.2, 0) is 14.8 Å². The number of hydrogen-bond donors (Lipinski definition) is 1. The normalized spacial score (nSPS) is 22.6. The molecule has 28 heavy (non-hydrogen) atoms. The molecule has 0 bridgehead atoms. The molecule has 0 spiro atoms. The van der Waals surface area contributed by atoms with Gasteiger partial charge in [-0.2, -0.15) is 4.31 Å². The van der Waals surface area contributed by atoms with Crippen LogP contribution in [0.2, 0.25) is 0 Å². The van der Waals surface area contributed by atoms with Gasteiger partial charge in [0.1, 0.15) is 16.9 Å². The van der Waals surface area contributed by atoms with Crippen molar-refractivity contribution in [2.75, 3.05) is 26.2 Å². The average Bonchev–Trinajstić information content (AvgIpc) is 3.28. The molecule has 1 amide bonds. The molecule has 0 saturated carbocycles. The third-order valence-corrected chi connectivity index (χ3v) is 8.15. The number of benzene rings is 1. The maximum atomic E-state index is 12.7. The van der Waals surface area contributed by atoms with E-state index in [4.69, 9.17) is 9.47 Å². The zero-order chi connectivity index (χ0) is 19.6. The van der Waals surface area contributed by atoms with Crippen molar-refractivity contribution in [2.45, 2.75) is 23.2 Å². The molecule has 9 heteroatoms. The van der Waals surface area contributed by atoms with Gasteiger partial charge < -0.3 is 14.8 Å². The summed E-state index contributed by atoms with van der Waals surface area (Å²) in [5.74, 6) is 0.861. The quantitative estimate of drug-likeness (QED) is 0.798. The fourth-order valence-corrected chi connectivity index (χ4v) is 6.10. The van der Waals surface area contributed by atoms with Gasteiger partial charge in [-0.05, 0) is 36.4 Å². The Balaban J connectivity index is 1.33. The van der Waals surface area contributed by atoms with Crippen molar-refractivity contribution in [3.63, 3.8) is 0 Å². The van der Waals surface area contributed by atoms with E-state index in [2.05, 4.69) is 5.32 Å². The number of carbonyl (C=O) groups excluding carboxylic acids is 1. The molecule has 1 saturated heterocycles. The number of para-hydroxylation sites is 2. The molecule has 2 atom stereocenters. The monoisotopic (exact) mass is 422 g/mol. The minimum Gasteiger partial charge on any atom is -0.486 e. The Morgan fingerprint density at radius 1 is 1.21 bits per heavy atom. The lowest BCUT2D eigenvalue weighted by Crippen LogP contribution is -2.48. The molecule has 0 aliphatic carbocycles. The van der Waals surface area contributed by atoms with Crippen molar-refractivity contribution < 1.29 is 22.7 Å². The SMILES string of the molecule is O=C(NC[C@@H]1COc2ccccc2O1)[C@H]1CCCN(S(=O)(=O)c2cccs2)C1. The maximum absolute atomic E-state index is 12.7. The molecule has 7 nitrogen and oxygen atoms in total. The predicted molar refractivity (Wildman–Crippen MR) is 105 cm³/mol. The molecular formula is C19H22N2O5S2. The van der Waals surface area contributed by atoms with Gasteiger partial charge in [-0.15, -0.1) is 11.3 Å². The van der Waals surface area contributed by atoms with E-state index in [0.29, 0.717) is 48.2 Å². The zero-order valence-electron chi connectivity index (χ0n) is 15.2. The molecule has 2 aliphatic rings. The van der Waals surface area contributed by atoms with Gasteiger partial charge >= 0.3 is 0 Å². The first kappa shape index (κ1) is 19.2. The minimum absolute atomic E-state index is 0.145. The molecule has 2 aromatic rings. The molecule has 1 fully saturated rings. The first-order chi connectivity index (χ1) is 13.5. The lowest BCUT2D eigenvalue weighted by atomic mass is 9.99. The summed E-state index contributed by atoms with van der Waals surface area (Å²) in [6.07, 6.45) is 1.07. The summed E-state index contributed by atoms with van der Waals surface area (Å²) in [6, 6.07) is 10.7. The van der Waals surface area contributed by atoms with E-state index in [0.717, 1.165) is 0 Å². The highest BCUT2D eigenvalue weighted by Crippen LogP contribution is 2.31. The van der Waals surface area contributed by atoms with Crippen LogP contribution in [0.5, 0.6) is 11.5 Å². The van der Waals surface area contributed by atoms with Gasteiger partial charge in [0.2, 0.25) is 5.91 Å². The zero-order valence-corrected chi connectivity index (χ0v) is 16.9. The highest BCUT2D eigenvalue weighted by atomic mass is 32.2. The van der Waals surface area contributed by atoms with Gasteiger partial charge in [0.05, 0.1) is 12.5 Å². The molecule has 1 aromatic heterocycles. The van der Waals surface area contributed by atoms with Gasteiger partial charge in [-0.25, -0.2) is 8.42 Å². The summed E-state index contributed by atoms with van der Waals surface area (Å²) in [6.45, 7) is 1.33. The topological polar surface area (TPSA) is 84.9 Å². The van der Waals surface area contributed by atoms with Crippen LogP contribution in [-0.4, -0.2) is 51.0 Å². The lowest BCUT2D eigenvalue weighted by molar-refractivity contribution is -0.126. The van der Waals surface area contributed by atoms with E-state index in [-0.39, 0.29) is 24.5 Å². The van der Waals surface area contributed by atoms with Crippen molar-refractivity contribution in [3.05, 3.63) is 41.8 Å². The van der Waals surface area contributed by atoms with E-state index < -0.39 is 10.0 Å². The summed E-state index contributed by atoms with van der Waals surface area (Å²) in [4.78, 5) is 12.6. The first-order valence-corrected chi connectivity index (χ1v) is 11.6. The predicted octanol–water partition coefficient (Wildman–Crippen LogP) is 2.10. The van der Waals surface area contributed by atoms with Gasteiger partial charge in [0, 0.05) is 13.1 Å². The van der Waals surface area contributed by atoms with E-state index >= 15 is 0 Å². The number of nitrogens with one attached hydrogen (secondary N) is 1. The van der Waals surface area contributed by atoms with Gasteiger partial charge in [-0.3, -0.25) is 4.79 Å². The van der Waals surface area contributed by atoms with Gasteiger partial charge in [-0.1, -0.05) is 18.2 Å². The molecule has 1 aromatic carbocycles. The third-order valence-electron chi connectivity index (χ3n) is 4.92. The summed E-state index contributed by atoms with van der Waals surface area (Å²) in [5.41, 5.74) is 0. The summed E-state index contributed by atoms with van der Waals surface area (Å²) < 4.78 is 38.7. The van der Waals surface area contributed by atoms with Crippen molar-refractivity contribution in [2.24, 2.45) is 5.92 Å². The summed E-state index contributed by atoms with van der Waals surface area (Å²) in [7, 11) is -3.53. The number of carbonyl (C=O) groups is 1. The van der Waals surface area contributed by atoms with Crippen LogP contribution in [0.4, 0.5) is 0 Å². The van der Waals surface area contributed by atoms with Crippen LogP contribution >= 0.6 is 11.3 Å². The van der Waals surface area contributed by atoms with Crippen LogP contribution in [0.25, 0.3) is 0 Å². The van der Waals surface area contributed by atoms with Gasteiger partial charge in [0.15, 0.2) is 11.5 Å². The number of rotatable bonds is 5. The van der Waals surface area contributed by atoms with Crippen molar-refractivity contribution in [1.29, 1.82) is 0 Å². The molecule has 0 unspecified atom stereocenters. The van der Waals surface area contributed by atoms with Crippen LogP contribution in [0.15, 0.2) is 46.0 Å². The summed E-state index contributed by atoms with van der Waals surface area (Å²) >= 11 is 1.20. The van der Waals surface area contributed by atoms with E-state index in [1.165, 1.54) is 15.6 Å². The number of thiophene rings is 1. The fraction of sp³-hybridized carbons (Fsp3) is 0.421. The number of sulfonamides is 1. The van der Waals surface area contributed by atoms with E-state index in [1.54, 1.807) is 17.5 Å². The largest absolute Gasteiger partial charge is 0.486 e. The Hall–Kier alpha value is -2.10. The highest BCUT2D eigenvalue weighted by molar-refractivity contribution is 7.91. The molecule has 2 aliphatic heterocycles. The van der Waals surface area contributed by atoms with Crippen molar-refractivity contribution in [1.82, 2.24) is 9.62 Å². The fourth-order valence-electron chi connectivity index (χ4n) is 3.43. The molecule has 4 rings (SSSR count). The van der Waals surface area contributed by atoms with E-state index in [1.807, 2.05) is 24.3 Å². The van der Waals surface area contributed by atoms with Crippen LogP contribution in [0.3, 0.4) is 0 Å². The highest BCUT2D eigenvalue weighted by Gasteiger charge is 2.34. The Kier molecular flexibility index (Phi) is 5.56. The van der Waals surface area contributed by atoms with Crippen molar-refractivity contribution in [3.8, 4) is 11.5 Å². The van der Waals surface area contributed by atoms with Crippen molar-refractivity contribution >= 4 is 27.3 Å². The van der Waals surface area contributed by atoms with E-state index in [9.17, 15) is 13.2 Å². The first-order valence-electron chi connectivity index (χ1n) is 9.24. The van der Waals surface area contributed by atoms with Crippen LogP contribution in [0, 0.1) is 5.92 Å². The number of amides is 1. The third kappa shape index (κ3) is 4.01. The number of hydrogen-bond acceptors (Lipinski definition) is 6. The number of piperidine rings is 1. The number of fused-ring (bicyclic) bond motifs is 1. The van der Waals surface area contributed by atoms with Crippen LogP contribution < -0.4 is 14.8 Å². The molecule has 3 heterocycles. The second-order valence-electron chi connectivity index (χ2n) is 6.88. The number of nitrogens with zero attached hydrogens (tertiary/aromatic N) is 1. The standard InChI is InChI=1S/C19H22N2O5S2/c22-19(20-11-15-13-25-16-6-1-2-7-17(16)26-15)14-5-3-9-21(12-14)28(23,24)18-8-4-10-27-18/h1-2,4,6-8,10,14-15H,3,5,9,11-13H2,(H,20,22)/t14-,15+/m0/s1. The Morgan fingerprint density at radius 3 is 2.82 bits per heavy atom.